The Balaban J connectivity index is 1.96. The molecule has 2 aromatic rings. The van der Waals surface area contributed by atoms with E-state index in [1.807, 2.05) is 6.07 Å². The summed E-state index contributed by atoms with van der Waals surface area (Å²) in [7, 11) is 0. The monoisotopic (exact) mass is 343 g/mol. The van der Waals surface area contributed by atoms with E-state index in [-0.39, 0.29) is 17.9 Å². The Bertz CT molecular complexity index is 765. The summed E-state index contributed by atoms with van der Waals surface area (Å²) in [6, 6.07) is 13.9. The lowest BCUT2D eigenvalue weighted by molar-refractivity contribution is -0.123. The first-order valence-electron chi connectivity index (χ1n) is 7.63. The van der Waals surface area contributed by atoms with Crippen LogP contribution in [0.2, 0.25) is 0 Å². The summed E-state index contributed by atoms with van der Waals surface area (Å²) in [5.41, 5.74) is 4.96. The van der Waals surface area contributed by atoms with Crippen LogP contribution in [-0.2, 0) is 9.59 Å². The SMILES string of the molecule is CC(=O)N[C@@H](CC(=O)NNC(=O)c1ccccc1F)c1ccccc1. The maximum Gasteiger partial charge on any atom is 0.272 e. The molecule has 0 saturated carbocycles. The first-order valence-corrected chi connectivity index (χ1v) is 7.63. The summed E-state index contributed by atoms with van der Waals surface area (Å²) in [6.07, 6.45) is -0.0822. The molecule has 130 valence electrons. The van der Waals surface area contributed by atoms with Crippen molar-refractivity contribution >= 4 is 17.7 Å². The van der Waals surface area contributed by atoms with Gasteiger partial charge < -0.3 is 5.32 Å². The maximum absolute atomic E-state index is 13.5. The summed E-state index contributed by atoms with van der Waals surface area (Å²) in [4.78, 5) is 35.3. The summed E-state index contributed by atoms with van der Waals surface area (Å²) >= 11 is 0. The van der Waals surface area contributed by atoms with Crippen molar-refractivity contribution in [2.45, 2.75) is 19.4 Å². The molecule has 0 aliphatic rings. The van der Waals surface area contributed by atoms with Gasteiger partial charge in [0.15, 0.2) is 0 Å². The van der Waals surface area contributed by atoms with Crippen LogP contribution in [-0.4, -0.2) is 17.7 Å². The zero-order chi connectivity index (χ0) is 18.2. The van der Waals surface area contributed by atoms with Crippen LogP contribution < -0.4 is 16.2 Å². The van der Waals surface area contributed by atoms with Crippen molar-refractivity contribution in [1.29, 1.82) is 0 Å². The van der Waals surface area contributed by atoms with Gasteiger partial charge in [-0.05, 0) is 17.7 Å². The zero-order valence-electron chi connectivity index (χ0n) is 13.6. The Morgan fingerprint density at radius 3 is 2.24 bits per heavy atom. The largest absolute Gasteiger partial charge is 0.349 e. The molecule has 0 spiro atoms. The third-order valence-electron chi connectivity index (χ3n) is 3.40. The summed E-state index contributed by atoms with van der Waals surface area (Å²) in [5, 5.41) is 2.68. The van der Waals surface area contributed by atoms with E-state index in [1.54, 1.807) is 24.3 Å². The van der Waals surface area contributed by atoms with Crippen molar-refractivity contribution in [3.8, 4) is 0 Å². The first kappa shape index (κ1) is 18.1. The van der Waals surface area contributed by atoms with Crippen LogP contribution in [0.1, 0.15) is 35.3 Å². The summed E-state index contributed by atoms with van der Waals surface area (Å²) in [6.45, 7) is 1.35. The quantitative estimate of drug-likeness (QED) is 0.724. The van der Waals surface area contributed by atoms with Gasteiger partial charge in [-0.1, -0.05) is 42.5 Å². The second-order valence-corrected chi connectivity index (χ2v) is 5.35. The Labute approximate surface area is 144 Å². The van der Waals surface area contributed by atoms with Crippen molar-refractivity contribution in [3.63, 3.8) is 0 Å². The van der Waals surface area contributed by atoms with Crippen LogP contribution in [0.5, 0.6) is 0 Å². The second-order valence-electron chi connectivity index (χ2n) is 5.35. The minimum atomic E-state index is -0.762. The van der Waals surface area contributed by atoms with E-state index in [1.165, 1.54) is 25.1 Å². The molecule has 7 heteroatoms. The second kappa shape index (κ2) is 8.58. The van der Waals surface area contributed by atoms with E-state index in [4.69, 9.17) is 0 Å². The molecular weight excluding hydrogens is 325 g/mol. The lowest BCUT2D eigenvalue weighted by atomic mass is 10.0. The fourth-order valence-corrected chi connectivity index (χ4v) is 2.26. The third-order valence-corrected chi connectivity index (χ3v) is 3.40. The number of rotatable bonds is 5. The van der Waals surface area contributed by atoms with E-state index >= 15 is 0 Å². The van der Waals surface area contributed by atoms with Gasteiger partial charge in [0.2, 0.25) is 11.8 Å². The highest BCUT2D eigenvalue weighted by molar-refractivity contribution is 5.95. The van der Waals surface area contributed by atoms with Crippen molar-refractivity contribution in [1.82, 2.24) is 16.2 Å². The number of hydrazine groups is 1. The molecular formula is C18H18FN3O3. The predicted molar refractivity (Wildman–Crippen MR) is 89.6 cm³/mol. The number of benzene rings is 2. The lowest BCUT2D eigenvalue weighted by Gasteiger charge is -2.18. The fourth-order valence-electron chi connectivity index (χ4n) is 2.26. The highest BCUT2D eigenvalue weighted by atomic mass is 19.1. The standard InChI is InChI=1S/C18H18FN3O3/c1-12(23)20-16(13-7-3-2-4-8-13)11-17(24)21-22-18(25)14-9-5-6-10-15(14)19/h2-10,16H,11H2,1H3,(H,20,23)(H,21,24)(H,22,25)/t16-/m0/s1. The highest BCUT2D eigenvalue weighted by Gasteiger charge is 2.18. The van der Waals surface area contributed by atoms with Crippen molar-refractivity contribution < 1.29 is 18.8 Å². The van der Waals surface area contributed by atoms with Gasteiger partial charge >= 0.3 is 0 Å². The molecule has 0 aliphatic carbocycles. The number of hydrogen-bond donors (Lipinski definition) is 3. The van der Waals surface area contributed by atoms with E-state index in [0.29, 0.717) is 0 Å². The van der Waals surface area contributed by atoms with Crippen LogP contribution in [0.25, 0.3) is 0 Å². The first-order chi connectivity index (χ1) is 12.0. The molecule has 0 bridgehead atoms. The third kappa shape index (κ3) is 5.42. The number of nitrogens with one attached hydrogen (secondary N) is 3. The van der Waals surface area contributed by atoms with Crippen molar-refractivity contribution in [2.24, 2.45) is 0 Å². The van der Waals surface area contributed by atoms with Gasteiger partial charge in [-0.25, -0.2) is 4.39 Å². The summed E-state index contributed by atoms with van der Waals surface area (Å²) in [5.74, 6) is -2.25. The zero-order valence-corrected chi connectivity index (χ0v) is 13.6. The van der Waals surface area contributed by atoms with Gasteiger partial charge in [0.25, 0.3) is 5.91 Å². The van der Waals surface area contributed by atoms with Gasteiger partial charge in [0.05, 0.1) is 18.0 Å². The molecule has 0 unspecified atom stereocenters. The molecule has 3 amide bonds. The number of amides is 3. The van der Waals surface area contributed by atoms with E-state index in [0.717, 1.165) is 11.6 Å². The highest BCUT2D eigenvalue weighted by Crippen LogP contribution is 2.16. The van der Waals surface area contributed by atoms with E-state index in [9.17, 15) is 18.8 Å². The number of halogens is 1. The van der Waals surface area contributed by atoms with Crippen LogP contribution in [0.15, 0.2) is 54.6 Å². The fraction of sp³-hybridized carbons (Fsp3) is 0.167. The Hall–Kier alpha value is -3.22. The molecule has 0 fully saturated rings. The smallest absolute Gasteiger partial charge is 0.272 e. The maximum atomic E-state index is 13.5. The van der Waals surface area contributed by atoms with Gasteiger partial charge in [-0.3, -0.25) is 25.2 Å². The molecule has 0 aromatic heterocycles. The van der Waals surface area contributed by atoms with Crippen LogP contribution in [0, 0.1) is 5.82 Å². The van der Waals surface area contributed by atoms with E-state index in [2.05, 4.69) is 16.2 Å². The number of carbonyl (C=O) groups excluding carboxylic acids is 3. The average Bonchev–Trinajstić information content (AvgIpc) is 2.60. The predicted octanol–water partition coefficient (Wildman–Crippen LogP) is 1.85. The molecule has 0 radical (unpaired) electrons. The molecule has 2 aromatic carbocycles. The lowest BCUT2D eigenvalue weighted by Crippen LogP contribution is -2.43. The minimum absolute atomic E-state index is 0.0822. The van der Waals surface area contributed by atoms with Crippen molar-refractivity contribution in [2.75, 3.05) is 0 Å². The van der Waals surface area contributed by atoms with Gasteiger partial charge in [0.1, 0.15) is 5.82 Å². The topological polar surface area (TPSA) is 87.3 Å². The molecule has 6 nitrogen and oxygen atoms in total. The van der Waals surface area contributed by atoms with E-state index < -0.39 is 23.7 Å². The van der Waals surface area contributed by atoms with Gasteiger partial charge in [-0.15, -0.1) is 0 Å². The van der Waals surface area contributed by atoms with Gasteiger partial charge in [-0.2, -0.15) is 0 Å². The Morgan fingerprint density at radius 2 is 1.60 bits per heavy atom. The molecule has 0 saturated heterocycles. The van der Waals surface area contributed by atoms with Crippen LogP contribution in [0.4, 0.5) is 4.39 Å². The van der Waals surface area contributed by atoms with Crippen molar-refractivity contribution in [3.05, 3.63) is 71.5 Å². The number of carbonyl (C=O) groups is 3. The van der Waals surface area contributed by atoms with Crippen LogP contribution in [0.3, 0.4) is 0 Å². The van der Waals surface area contributed by atoms with Gasteiger partial charge in [0, 0.05) is 6.92 Å². The molecule has 25 heavy (non-hydrogen) atoms. The Kier molecular flexibility index (Phi) is 6.22. The molecule has 0 aliphatic heterocycles. The summed E-state index contributed by atoms with van der Waals surface area (Å²) < 4.78 is 13.5. The normalized spacial score (nSPS) is 11.3. The Morgan fingerprint density at radius 1 is 0.960 bits per heavy atom. The molecule has 0 heterocycles. The number of hydrogen-bond acceptors (Lipinski definition) is 3. The molecule has 3 N–H and O–H groups in total. The molecule has 2 rings (SSSR count). The average molecular weight is 343 g/mol. The minimum Gasteiger partial charge on any atom is -0.349 e. The van der Waals surface area contributed by atoms with Crippen LogP contribution >= 0.6 is 0 Å². The molecule has 1 atom stereocenters.